The standard InChI is InChI=1S/C11H25NO2/c1-5-11(4,9-14)7-12-6-10(2,3)8-13/h12-14H,5-9H2,1-4H3. The minimum Gasteiger partial charge on any atom is -0.396 e. The van der Waals surface area contributed by atoms with E-state index in [0.29, 0.717) is 0 Å². The lowest BCUT2D eigenvalue weighted by Crippen LogP contribution is -2.40. The van der Waals surface area contributed by atoms with E-state index in [0.717, 1.165) is 19.5 Å². The second-order valence-electron chi connectivity index (χ2n) is 5.25. The fraction of sp³-hybridized carbons (Fsp3) is 1.00. The van der Waals surface area contributed by atoms with Crippen molar-refractivity contribution in [3.63, 3.8) is 0 Å². The van der Waals surface area contributed by atoms with Crippen molar-refractivity contribution in [2.45, 2.75) is 34.1 Å². The van der Waals surface area contributed by atoms with Crippen LogP contribution in [0.3, 0.4) is 0 Å². The molecule has 0 aliphatic carbocycles. The molecule has 0 radical (unpaired) electrons. The highest BCUT2D eigenvalue weighted by atomic mass is 16.3. The lowest BCUT2D eigenvalue weighted by atomic mass is 9.87. The first-order valence-electron chi connectivity index (χ1n) is 5.31. The zero-order chi connectivity index (χ0) is 11.2. The van der Waals surface area contributed by atoms with Crippen LogP contribution in [0.2, 0.25) is 0 Å². The Labute approximate surface area is 87.5 Å². The van der Waals surface area contributed by atoms with Crippen molar-refractivity contribution in [2.24, 2.45) is 10.8 Å². The third-order valence-corrected chi connectivity index (χ3v) is 2.82. The van der Waals surface area contributed by atoms with Gasteiger partial charge in [-0.1, -0.05) is 27.7 Å². The summed E-state index contributed by atoms with van der Waals surface area (Å²) in [6.07, 6.45) is 0.954. The lowest BCUT2D eigenvalue weighted by Gasteiger charge is -2.29. The van der Waals surface area contributed by atoms with Crippen LogP contribution < -0.4 is 5.32 Å². The van der Waals surface area contributed by atoms with Gasteiger partial charge in [-0.3, -0.25) is 0 Å². The molecule has 0 saturated carbocycles. The van der Waals surface area contributed by atoms with Crippen LogP contribution in [0, 0.1) is 10.8 Å². The summed E-state index contributed by atoms with van der Waals surface area (Å²) >= 11 is 0. The molecule has 14 heavy (non-hydrogen) atoms. The maximum atomic E-state index is 9.18. The van der Waals surface area contributed by atoms with E-state index >= 15 is 0 Å². The van der Waals surface area contributed by atoms with Crippen molar-refractivity contribution in [3.05, 3.63) is 0 Å². The number of aliphatic hydroxyl groups excluding tert-OH is 2. The molecule has 0 aromatic rings. The number of hydrogen-bond acceptors (Lipinski definition) is 3. The maximum Gasteiger partial charge on any atom is 0.0496 e. The van der Waals surface area contributed by atoms with Gasteiger partial charge >= 0.3 is 0 Å². The van der Waals surface area contributed by atoms with Crippen LogP contribution >= 0.6 is 0 Å². The molecule has 0 aromatic carbocycles. The second kappa shape index (κ2) is 5.69. The van der Waals surface area contributed by atoms with Crippen LogP contribution in [-0.4, -0.2) is 36.5 Å². The summed E-state index contributed by atoms with van der Waals surface area (Å²) < 4.78 is 0. The van der Waals surface area contributed by atoms with Gasteiger partial charge in [0.1, 0.15) is 0 Å². The van der Waals surface area contributed by atoms with Crippen LogP contribution in [0.5, 0.6) is 0 Å². The Morgan fingerprint density at radius 2 is 1.57 bits per heavy atom. The van der Waals surface area contributed by atoms with E-state index < -0.39 is 0 Å². The first-order valence-corrected chi connectivity index (χ1v) is 5.31. The smallest absolute Gasteiger partial charge is 0.0496 e. The molecule has 0 fully saturated rings. The van der Waals surface area contributed by atoms with Gasteiger partial charge < -0.3 is 15.5 Å². The molecule has 0 bridgehead atoms. The summed E-state index contributed by atoms with van der Waals surface area (Å²) in [5.74, 6) is 0. The van der Waals surface area contributed by atoms with Gasteiger partial charge in [0, 0.05) is 37.1 Å². The summed E-state index contributed by atoms with van der Waals surface area (Å²) in [6.45, 7) is 10.1. The van der Waals surface area contributed by atoms with Crippen LogP contribution in [-0.2, 0) is 0 Å². The van der Waals surface area contributed by atoms with E-state index in [4.69, 9.17) is 5.11 Å². The van der Waals surface area contributed by atoms with Gasteiger partial charge in [0.2, 0.25) is 0 Å². The Hall–Kier alpha value is -0.120. The fourth-order valence-corrected chi connectivity index (χ4v) is 1.05. The number of hydrogen-bond donors (Lipinski definition) is 3. The van der Waals surface area contributed by atoms with E-state index in [1.807, 2.05) is 13.8 Å². The number of nitrogens with one attached hydrogen (secondary N) is 1. The largest absolute Gasteiger partial charge is 0.396 e. The summed E-state index contributed by atoms with van der Waals surface area (Å²) in [6, 6.07) is 0. The number of rotatable bonds is 7. The molecule has 0 rings (SSSR count). The van der Waals surface area contributed by atoms with E-state index in [-0.39, 0.29) is 24.0 Å². The minimum absolute atomic E-state index is 0.0362. The Bertz CT molecular complexity index is 153. The van der Waals surface area contributed by atoms with Crippen LogP contribution in [0.25, 0.3) is 0 Å². The van der Waals surface area contributed by atoms with E-state index in [1.165, 1.54) is 0 Å². The first kappa shape index (κ1) is 13.9. The molecule has 3 heteroatoms. The van der Waals surface area contributed by atoms with E-state index in [1.54, 1.807) is 0 Å². The molecule has 0 aliphatic heterocycles. The molecule has 1 unspecified atom stereocenters. The van der Waals surface area contributed by atoms with Gasteiger partial charge in [-0.2, -0.15) is 0 Å². The average Bonchev–Trinajstić information content (AvgIpc) is 2.17. The molecular weight excluding hydrogens is 178 g/mol. The Kier molecular flexibility index (Phi) is 5.64. The Morgan fingerprint density at radius 1 is 1.00 bits per heavy atom. The lowest BCUT2D eigenvalue weighted by molar-refractivity contribution is 0.119. The SMILES string of the molecule is CCC(C)(CO)CNCC(C)(C)CO. The molecule has 1 atom stereocenters. The van der Waals surface area contributed by atoms with Crippen molar-refractivity contribution in [3.8, 4) is 0 Å². The van der Waals surface area contributed by atoms with Gasteiger partial charge in [-0.05, 0) is 6.42 Å². The second-order valence-corrected chi connectivity index (χ2v) is 5.25. The predicted molar refractivity (Wildman–Crippen MR) is 59.2 cm³/mol. The zero-order valence-corrected chi connectivity index (χ0v) is 9.93. The molecule has 0 heterocycles. The van der Waals surface area contributed by atoms with E-state index in [2.05, 4.69) is 19.2 Å². The molecule has 0 saturated heterocycles. The highest BCUT2D eigenvalue weighted by Gasteiger charge is 2.22. The van der Waals surface area contributed by atoms with Crippen molar-refractivity contribution >= 4 is 0 Å². The summed E-state index contributed by atoms with van der Waals surface area (Å²) in [4.78, 5) is 0. The predicted octanol–water partition coefficient (Wildman–Crippen LogP) is 1.00. The molecule has 3 nitrogen and oxygen atoms in total. The summed E-state index contributed by atoms with van der Waals surface area (Å²) in [5.41, 5.74) is -0.115. The molecule has 0 amide bonds. The maximum absolute atomic E-state index is 9.18. The third-order valence-electron chi connectivity index (χ3n) is 2.82. The number of aliphatic hydroxyl groups is 2. The molecule has 86 valence electrons. The monoisotopic (exact) mass is 203 g/mol. The van der Waals surface area contributed by atoms with Gasteiger partial charge in [0.25, 0.3) is 0 Å². The van der Waals surface area contributed by atoms with Crippen LogP contribution in [0.1, 0.15) is 34.1 Å². The topological polar surface area (TPSA) is 52.5 Å². The quantitative estimate of drug-likeness (QED) is 0.578. The summed E-state index contributed by atoms with van der Waals surface area (Å²) in [5, 5.41) is 21.5. The zero-order valence-electron chi connectivity index (χ0n) is 9.93. The molecular formula is C11H25NO2. The van der Waals surface area contributed by atoms with Gasteiger partial charge in [0.05, 0.1) is 0 Å². The Balaban J connectivity index is 3.83. The third kappa shape index (κ3) is 4.94. The van der Waals surface area contributed by atoms with Gasteiger partial charge in [-0.15, -0.1) is 0 Å². The van der Waals surface area contributed by atoms with Crippen molar-refractivity contribution < 1.29 is 10.2 Å². The van der Waals surface area contributed by atoms with E-state index in [9.17, 15) is 5.11 Å². The average molecular weight is 203 g/mol. The van der Waals surface area contributed by atoms with Crippen LogP contribution in [0.15, 0.2) is 0 Å². The van der Waals surface area contributed by atoms with Crippen LogP contribution in [0.4, 0.5) is 0 Å². The van der Waals surface area contributed by atoms with Crippen molar-refractivity contribution in [1.29, 1.82) is 0 Å². The highest BCUT2D eigenvalue weighted by Crippen LogP contribution is 2.19. The fourth-order valence-electron chi connectivity index (χ4n) is 1.05. The normalized spacial score (nSPS) is 16.7. The molecule has 0 aromatic heterocycles. The van der Waals surface area contributed by atoms with Gasteiger partial charge in [-0.25, -0.2) is 0 Å². The highest BCUT2D eigenvalue weighted by molar-refractivity contribution is 4.77. The minimum atomic E-state index is -0.0793. The molecule has 3 N–H and O–H groups in total. The summed E-state index contributed by atoms with van der Waals surface area (Å²) in [7, 11) is 0. The Morgan fingerprint density at radius 3 is 1.93 bits per heavy atom. The van der Waals surface area contributed by atoms with Crippen molar-refractivity contribution in [1.82, 2.24) is 5.32 Å². The van der Waals surface area contributed by atoms with Gasteiger partial charge in [0.15, 0.2) is 0 Å². The molecule has 0 spiro atoms. The molecule has 0 aliphatic rings. The first-order chi connectivity index (χ1) is 6.39. The van der Waals surface area contributed by atoms with Crippen molar-refractivity contribution in [2.75, 3.05) is 26.3 Å².